The number of para-hydroxylation sites is 2. The largest absolute Gasteiger partial charge is 0.482 e. The van der Waals surface area contributed by atoms with Crippen molar-refractivity contribution in [1.29, 1.82) is 0 Å². The third-order valence-corrected chi connectivity index (χ3v) is 7.16. The number of hydrogen-bond donors (Lipinski definition) is 0. The van der Waals surface area contributed by atoms with E-state index in [1.54, 1.807) is 36.4 Å². The first-order chi connectivity index (χ1) is 21.0. The molecule has 0 amide bonds. The van der Waals surface area contributed by atoms with Gasteiger partial charge in [-0.15, -0.1) is 0 Å². The minimum Gasteiger partial charge on any atom is -0.482 e. The van der Waals surface area contributed by atoms with Gasteiger partial charge in [0.15, 0.2) is 11.5 Å². The second kappa shape index (κ2) is 10.7. The van der Waals surface area contributed by atoms with Crippen molar-refractivity contribution in [3.63, 3.8) is 0 Å². The van der Waals surface area contributed by atoms with Gasteiger partial charge >= 0.3 is 5.69 Å². The van der Waals surface area contributed by atoms with Gasteiger partial charge in [0.1, 0.15) is 12.2 Å². The van der Waals surface area contributed by atoms with Crippen LogP contribution in [0.5, 0.6) is 5.75 Å². The number of nitro benzene ring substituents is 1. The van der Waals surface area contributed by atoms with E-state index in [-0.39, 0.29) is 23.9 Å². The van der Waals surface area contributed by atoms with Crippen LogP contribution in [-0.2, 0) is 6.61 Å². The van der Waals surface area contributed by atoms with Crippen molar-refractivity contribution < 1.29 is 14.1 Å². The van der Waals surface area contributed by atoms with Crippen molar-refractivity contribution in [2.45, 2.75) is 6.61 Å². The van der Waals surface area contributed by atoms with Gasteiger partial charge in [-0.2, -0.15) is 9.78 Å². The van der Waals surface area contributed by atoms with Gasteiger partial charge in [0.05, 0.1) is 22.0 Å². The van der Waals surface area contributed by atoms with E-state index < -0.39 is 10.5 Å². The highest BCUT2D eigenvalue weighted by Crippen LogP contribution is 2.30. The molecule has 43 heavy (non-hydrogen) atoms. The van der Waals surface area contributed by atoms with Gasteiger partial charge in [0, 0.05) is 17.0 Å². The minimum atomic E-state index is -0.501. The first-order valence-electron chi connectivity index (χ1n) is 13.5. The number of ether oxygens (including phenoxy) is 1. The van der Waals surface area contributed by atoms with Gasteiger partial charge in [0.25, 0.3) is 5.56 Å². The van der Waals surface area contributed by atoms with Crippen molar-refractivity contribution in [3.8, 4) is 17.3 Å². The van der Waals surface area contributed by atoms with Gasteiger partial charge < -0.3 is 9.15 Å². The third kappa shape index (κ3) is 4.89. The molecule has 0 aliphatic rings. The lowest BCUT2D eigenvalue weighted by molar-refractivity contribution is -0.385. The summed E-state index contributed by atoms with van der Waals surface area (Å²) in [5, 5.41) is 19.7. The highest BCUT2D eigenvalue weighted by Gasteiger charge is 2.18. The van der Waals surface area contributed by atoms with E-state index in [4.69, 9.17) is 9.15 Å². The topological polar surface area (TPSA) is 113 Å². The van der Waals surface area contributed by atoms with Crippen molar-refractivity contribution in [2.24, 2.45) is 5.10 Å². The molecule has 0 bridgehead atoms. The Morgan fingerprint density at radius 2 is 1.60 bits per heavy atom. The summed E-state index contributed by atoms with van der Waals surface area (Å²) in [5.41, 5.74) is 1.84. The normalized spacial score (nSPS) is 11.5. The second-order valence-electron chi connectivity index (χ2n) is 9.87. The zero-order chi connectivity index (χ0) is 29.3. The molecule has 0 saturated heterocycles. The van der Waals surface area contributed by atoms with Crippen LogP contribution in [0.4, 0.5) is 5.69 Å². The summed E-state index contributed by atoms with van der Waals surface area (Å²) in [6.45, 7) is 0.161. The lowest BCUT2D eigenvalue weighted by Crippen LogP contribution is -2.20. The van der Waals surface area contributed by atoms with Crippen molar-refractivity contribution in [3.05, 3.63) is 147 Å². The Kier molecular flexibility index (Phi) is 6.44. The smallest absolute Gasteiger partial charge is 0.311 e. The Morgan fingerprint density at radius 3 is 2.44 bits per heavy atom. The maximum Gasteiger partial charge on any atom is 0.311 e. The standard InChI is InChI=1S/C34H22N4O5/c39-34-27-13-4-5-14-28(27)36-33(32-19-24-9-2-6-15-30(24)43-32)37(34)35-20-22-16-17-31(29(18-22)38(40)41)42-21-25-11-7-10-23-8-1-3-12-26(23)25/h1-20H,21H2. The number of hydrogen-bond acceptors (Lipinski definition) is 7. The molecule has 9 nitrogen and oxygen atoms in total. The number of benzene rings is 5. The van der Waals surface area contributed by atoms with Crippen LogP contribution in [0.2, 0.25) is 0 Å². The Bertz CT molecular complexity index is 2230. The van der Waals surface area contributed by atoms with Gasteiger partial charge in [-0.3, -0.25) is 14.9 Å². The zero-order valence-electron chi connectivity index (χ0n) is 22.6. The summed E-state index contributed by atoms with van der Waals surface area (Å²) >= 11 is 0. The van der Waals surface area contributed by atoms with Crippen LogP contribution in [0.1, 0.15) is 11.1 Å². The molecule has 0 radical (unpaired) electrons. The molecule has 7 rings (SSSR count). The molecule has 9 heteroatoms. The SMILES string of the molecule is O=c1c2ccccc2nc(-c2cc3ccccc3o2)n1N=Cc1ccc(OCc2cccc3ccccc23)c([N+](=O)[O-])c1. The fraction of sp³-hybridized carbons (Fsp3) is 0.0294. The van der Waals surface area contributed by atoms with E-state index in [0.717, 1.165) is 26.4 Å². The second-order valence-corrected chi connectivity index (χ2v) is 9.87. The molecule has 0 spiro atoms. The van der Waals surface area contributed by atoms with E-state index in [1.165, 1.54) is 18.3 Å². The molecule has 0 fully saturated rings. The summed E-state index contributed by atoms with van der Waals surface area (Å²) in [6, 6.07) is 34.6. The van der Waals surface area contributed by atoms with Gasteiger partial charge in [-0.05, 0) is 52.7 Å². The van der Waals surface area contributed by atoms with E-state index in [9.17, 15) is 14.9 Å². The Labute approximate surface area is 244 Å². The van der Waals surface area contributed by atoms with Gasteiger partial charge in [0.2, 0.25) is 5.82 Å². The fourth-order valence-electron chi connectivity index (χ4n) is 5.06. The number of aromatic nitrogens is 2. The lowest BCUT2D eigenvalue weighted by Gasteiger charge is -2.10. The summed E-state index contributed by atoms with van der Waals surface area (Å²) in [4.78, 5) is 29.7. The zero-order valence-corrected chi connectivity index (χ0v) is 22.6. The van der Waals surface area contributed by atoms with Crippen molar-refractivity contribution in [2.75, 3.05) is 0 Å². The Morgan fingerprint density at radius 1 is 0.860 bits per heavy atom. The molecular weight excluding hydrogens is 544 g/mol. The summed E-state index contributed by atoms with van der Waals surface area (Å²) in [7, 11) is 0. The quantitative estimate of drug-likeness (QED) is 0.113. The highest BCUT2D eigenvalue weighted by molar-refractivity contribution is 5.86. The Balaban J connectivity index is 1.25. The summed E-state index contributed by atoms with van der Waals surface area (Å²) < 4.78 is 13.1. The molecule has 0 aliphatic heterocycles. The Hall–Kier alpha value is -6.09. The van der Waals surface area contributed by atoms with Crippen LogP contribution in [0, 0.1) is 10.1 Å². The maximum absolute atomic E-state index is 13.5. The molecular formula is C34H22N4O5. The average molecular weight is 567 g/mol. The maximum atomic E-state index is 13.5. The number of fused-ring (bicyclic) bond motifs is 3. The predicted octanol–water partition coefficient (Wildman–Crippen LogP) is 7.33. The van der Waals surface area contributed by atoms with Crippen LogP contribution in [0.25, 0.3) is 44.2 Å². The molecule has 0 atom stereocenters. The molecule has 0 aliphatic carbocycles. The molecule has 0 saturated carbocycles. The van der Waals surface area contributed by atoms with Crippen LogP contribution in [0.15, 0.2) is 130 Å². The molecule has 5 aromatic carbocycles. The van der Waals surface area contributed by atoms with Crippen LogP contribution in [-0.4, -0.2) is 20.8 Å². The molecule has 2 heterocycles. The van der Waals surface area contributed by atoms with E-state index in [1.807, 2.05) is 66.7 Å². The van der Waals surface area contributed by atoms with Gasteiger partial charge in [-0.1, -0.05) is 72.8 Å². The molecule has 0 N–H and O–H groups in total. The first kappa shape index (κ1) is 25.8. The monoisotopic (exact) mass is 566 g/mol. The highest BCUT2D eigenvalue weighted by atomic mass is 16.6. The minimum absolute atomic E-state index is 0.127. The summed E-state index contributed by atoms with van der Waals surface area (Å²) in [6.07, 6.45) is 1.38. The summed E-state index contributed by atoms with van der Waals surface area (Å²) in [5.74, 6) is 0.702. The van der Waals surface area contributed by atoms with E-state index >= 15 is 0 Å². The predicted molar refractivity (Wildman–Crippen MR) is 166 cm³/mol. The number of rotatable bonds is 7. The average Bonchev–Trinajstić information content (AvgIpc) is 3.48. The first-order valence-corrected chi connectivity index (χ1v) is 13.5. The molecule has 2 aromatic heterocycles. The third-order valence-electron chi connectivity index (χ3n) is 7.16. The fourth-order valence-corrected chi connectivity index (χ4v) is 5.06. The van der Waals surface area contributed by atoms with Crippen molar-refractivity contribution in [1.82, 2.24) is 9.66 Å². The lowest BCUT2D eigenvalue weighted by atomic mass is 10.1. The number of nitrogens with zero attached hydrogens (tertiary/aromatic N) is 4. The number of furan rings is 1. The van der Waals surface area contributed by atoms with Gasteiger partial charge in [-0.25, -0.2) is 4.98 Å². The van der Waals surface area contributed by atoms with Crippen molar-refractivity contribution >= 4 is 44.5 Å². The van der Waals surface area contributed by atoms with E-state index in [2.05, 4.69) is 10.1 Å². The van der Waals surface area contributed by atoms with Crippen LogP contribution in [0.3, 0.4) is 0 Å². The number of nitro groups is 1. The van der Waals surface area contributed by atoms with E-state index in [0.29, 0.717) is 27.8 Å². The molecule has 0 unspecified atom stereocenters. The van der Waals surface area contributed by atoms with Crippen LogP contribution >= 0.6 is 0 Å². The van der Waals surface area contributed by atoms with Crippen LogP contribution < -0.4 is 10.3 Å². The molecule has 208 valence electrons. The molecule has 7 aromatic rings.